The van der Waals surface area contributed by atoms with Gasteiger partial charge in [0, 0.05) is 5.70 Å². The predicted octanol–water partition coefficient (Wildman–Crippen LogP) is 2.37. The molecule has 0 aromatic carbocycles. The Hall–Kier alpha value is -0.980. The van der Waals surface area contributed by atoms with Crippen molar-refractivity contribution in [2.45, 2.75) is 20.8 Å². The second-order valence-corrected chi connectivity index (χ2v) is 2.41. The van der Waals surface area contributed by atoms with Gasteiger partial charge in [-0.05, 0) is 32.4 Å². The van der Waals surface area contributed by atoms with Gasteiger partial charge in [0.25, 0.3) is 0 Å². The predicted molar refractivity (Wildman–Crippen MR) is 46.5 cm³/mol. The van der Waals surface area contributed by atoms with Crippen molar-refractivity contribution in [1.82, 2.24) is 0 Å². The van der Waals surface area contributed by atoms with Gasteiger partial charge in [-0.2, -0.15) is 0 Å². The quantitative estimate of drug-likeness (QED) is 0.581. The molecule has 0 fully saturated rings. The van der Waals surface area contributed by atoms with Gasteiger partial charge in [0.2, 0.25) is 0 Å². The molecule has 0 rings (SSSR count). The van der Waals surface area contributed by atoms with E-state index >= 15 is 0 Å². The van der Waals surface area contributed by atoms with Gasteiger partial charge in [0.05, 0.1) is 0 Å². The van der Waals surface area contributed by atoms with E-state index in [1.54, 1.807) is 0 Å². The van der Waals surface area contributed by atoms with Crippen LogP contribution in [0.5, 0.6) is 0 Å². The van der Waals surface area contributed by atoms with Gasteiger partial charge in [-0.1, -0.05) is 18.2 Å². The van der Waals surface area contributed by atoms with E-state index in [-0.39, 0.29) is 0 Å². The van der Waals surface area contributed by atoms with Crippen molar-refractivity contribution in [2.75, 3.05) is 0 Å². The highest BCUT2D eigenvalue weighted by molar-refractivity contribution is 5.37. The van der Waals surface area contributed by atoms with Gasteiger partial charge in [-0.3, -0.25) is 0 Å². The van der Waals surface area contributed by atoms with Gasteiger partial charge >= 0.3 is 0 Å². The molecule has 0 atom stereocenters. The van der Waals surface area contributed by atoms with Crippen LogP contribution in [0, 0.1) is 0 Å². The Kier molecular flexibility index (Phi) is 3.55. The smallest absolute Gasteiger partial charge is 0.00548 e. The fourth-order valence-corrected chi connectivity index (χ4v) is 0.698. The van der Waals surface area contributed by atoms with E-state index in [1.807, 2.05) is 32.9 Å². The Morgan fingerprint density at radius 2 is 1.90 bits per heavy atom. The van der Waals surface area contributed by atoms with E-state index in [4.69, 9.17) is 5.73 Å². The summed E-state index contributed by atoms with van der Waals surface area (Å²) >= 11 is 0. The molecule has 0 heterocycles. The van der Waals surface area contributed by atoms with Crippen molar-refractivity contribution in [3.05, 3.63) is 35.6 Å². The first kappa shape index (κ1) is 9.02. The average Bonchev–Trinajstić information content (AvgIpc) is 1.81. The normalized spacial score (nSPS) is 13.5. The summed E-state index contributed by atoms with van der Waals surface area (Å²) in [6.07, 6.45) is 3.92. The topological polar surface area (TPSA) is 26.0 Å². The molecule has 1 nitrogen and oxygen atoms in total. The first-order chi connectivity index (χ1) is 4.57. The molecule has 0 aromatic heterocycles. The maximum atomic E-state index is 5.49. The number of hydrogen-bond acceptors (Lipinski definition) is 1. The Morgan fingerprint density at radius 3 is 2.00 bits per heavy atom. The lowest BCUT2D eigenvalue weighted by atomic mass is 10.1. The summed E-state index contributed by atoms with van der Waals surface area (Å²) in [4.78, 5) is 0. The molecular formula is C9H15N. The van der Waals surface area contributed by atoms with Gasteiger partial charge in [0.1, 0.15) is 0 Å². The maximum absolute atomic E-state index is 5.49. The fourth-order valence-electron chi connectivity index (χ4n) is 0.698. The lowest BCUT2D eigenvalue weighted by Gasteiger charge is -1.98. The summed E-state index contributed by atoms with van der Waals surface area (Å²) in [5.74, 6) is 0. The van der Waals surface area contributed by atoms with Crippen LogP contribution in [0.2, 0.25) is 0 Å². The van der Waals surface area contributed by atoms with E-state index in [1.165, 1.54) is 0 Å². The van der Waals surface area contributed by atoms with E-state index < -0.39 is 0 Å². The van der Waals surface area contributed by atoms with Crippen molar-refractivity contribution < 1.29 is 0 Å². The lowest BCUT2D eigenvalue weighted by molar-refractivity contribution is 1.28. The first-order valence-corrected chi connectivity index (χ1v) is 3.34. The molecule has 0 saturated heterocycles. The zero-order valence-corrected chi connectivity index (χ0v) is 6.94. The highest BCUT2D eigenvalue weighted by atomic mass is 14.5. The van der Waals surface area contributed by atoms with E-state index in [0.29, 0.717) is 0 Å². The van der Waals surface area contributed by atoms with Gasteiger partial charge in [-0.25, -0.2) is 0 Å². The van der Waals surface area contributed by atoms with E-state index in [9.17, 15) is 0 Å². The van der Waals surface area contributed by atoms with Gasteiger partial charge in [-0.15, -0.1) is 0 Å². The zero-order valence-electron chi connectivity index (χ0n) is 6.94. The third-order valence-corrected chi connectivity index (χ3v) is 1.19. The molecule has 0 radical (unpaired) electrons. The SMILES string of the molecule is C=C(C)C(/C=C(\C)N)=C/C. The third kappa shape index (κ3) is 3.13. The molecule has 0 aliphatic rings. The minimum Gasteiger partial charge on any atom is -0.402 e. The Balaban J connectivity index is 4.42. The molecule has 56 valence electrons. The molecule has 0 saturated carbocycles. The summed E-state index contributed by atoms with van der Waals surface area (Å²) < 4.78 is 0. The van der Waals surface area contributed by atoms with Crippen LogP contribution >= 0.6 is 0 Å². The Morgan fingerprint density at radius 1 is 1.40 bits per heavy atom. The standard InChI is InChI=1S/C9H15N/c1-5-9(7(2)3)6-8(4)10/h5-6H,2,10H2,1,3-4H3/b8-6+,9-5+. The van der Waals surface area contributed by atoms with Crippen LogP contribution < -0.4 is 5.73 Å². The molecule has 0 amide bonds. The molecule has 1 heteroatoms. The van der Waals surface area contributed by atoms with Crippen LogP contribution in [0.3, 0.4) is 0 Å². The zero-order chi connectivity index (χ0) is 8.15. The van der Waals surface area contributed by atoms with Crippen molar-refractivity contribution in [3.8, 4) is 0 Å². The molecule has 0 unspecified atom stereocenters. The van der Waals surface area contributed by atoms with Crippen LogP contribution in [0.15, 0.2) is 35.6 Å². The maximum Gasteiger partial charge on any atom is 0.00548 e. The minimum atomic E-state index is 0.816. The largest absolute Gasteiger partial charge is 0.402 e. The van der Waals surface area contributed by atoms with Crippen molar-refractivity contribution in [2.24, 2.45) is 5.73 Å². The summed E-state index contributed by atoms with van der Waals surface area (Å²) in [5, 5.41) is 0. The van der Waals surface area contributed by atoms with Crippen molar-refractivity contribution in [3.63, 3.8) is 0 Å². The third-order valence-electron chi connectivity index (χ3n) is 1.19. The van der Waals surface area contributed by atoms with Crippen LogP contribution in [-0.4, -0.2) is 0 Å². The number of nitrogens with two attached hydrogens (primary N) is 1. The Labute approximate surface area is 62.9 Å². The van der Waals surface area contributed by atoms with Crippen molar-refractivity contribution in [1.29, 1.82) is 0 Å². The first-order valence-electron chi connectivity index (χ1n) is 3.34. The molecule has 2 N–H and O–H groups in total. The second-order valence-electron chi connectivity index (χ2n) is 2.41. The minimum absolute atomic E-state index is 0.816. The number of hydrogen-bond donors (Lipinski definition) is 1. The second kappa shape index (κ2) is 3.94. The van der Waals surface area contributed by atoms with Gasteiger partial charge in [0.15, 0.2) is 0 Å². The van der Waals surface area contributed by atoms with E-state index in [2.05, 4.69) is 6.58 Å². The van der Waals surface area contributed by atoms with Crippen LogP contribution in [-0.2, 0) is 0 Å². The summed E-state index contributed by atoms with van der Waals surface area (Å²) in [5.41, 5.74) is 8.46. The van der Waals surface area contributed by atoms with Crippen LogP contribution in [0.4, 0.5) is 0 Å². The van der Waals surface area contributed by atoms with Crippen molar-refractivity contribution >= 4 is 0 Å². The number of allylic oxidation sites excluding steroid dienone is 5. The highest BCUT2D eigenvalue weighted by Gasteiger charge is 1.90. The average molecular weight is 137 g/mol. The summed E-state index contributed by atoms with van der Waals surface area (Å²) in [7, 11) is 0. The molecule has 10 heavy (non-hydrogen) atoms. The Bertz CT molecular complexity index is 181. The molecule has 0 aromatic rings. The van der Waals surface area contributed by atoms with Crippen LogP contribution in [0.25, 0.3) is 0 Å². The molecular weight excluding hydrogens is 122 g/mol. The number of rotatable bonds is 2. The summed E-state index contributed by atoms with van der Waals surface area (Å²) in [6, 6.07) is 0. The lowest BCUT2D eigenvalue weighted by Crippen LogP contribution is -1.91. The molecule has 0 bridgehead atoms. The fraction of sp³-hybridized carbons (Fsp3) is 0.333. The van der Waals surface area contributed by atoms with E-state index in [0.717, 1.165) is 16.8 Å². The summed E-state index contributed by atoms with van der Waals surface area (Å²) in [6.45, 7) is 9.62. The monoisotopic (exact) mass is 137 g/mol. The molecule has 0 aliphatic carbocycles. The highest BCUT2D eigenvalue weighted by Crippen LogP contribution is 2.08. The van der Waals surface area contributed by atoms with Crippen LogP contribution in [0.1, 0.15) is 20.8 Å². The molecule has 0 spiro atoms. The van der Waals surface area contributed by atoms with Gasteiger partial charge < -0.3 is 5.73 Å². The molecule has 0 aliphatic heterocycles.